The van der Waals surface area contributed by atoms with E-state index in [0.717, 1.165) is 24.5 Å². The molecule has 202 valence electrons. The van der Waals surface area contributed by atoms with E-state index in [9.17, 15) is 28.2 Å². The first-order chi connectivity index (χ1) is 17.5. The van der Waals surface area contributed by atoms with Crippen LogP contribution in [0.5, 0.6) is 5.75 Å². The number of hydrogen-bond acceptors (Lipinski definition) is 6. The molecule has 2 saturated carbocycles. The second-order valence-electron chi connectivity index (χ2n) is 9.58. The fraction of sp³-hybridized carbons (Fsp3) is 0.500. The van der Waals surface area contributed by atoms with E-state index in [0.29, 0.717) is 23.0 Å². The molecular weight excluding hydrogens is 515 g/mol. The third-order valence-corrected chi connectivity index (χ3v) is 6.74. The Balaban J connectivity index is 1.49. The predicted molar refractivity (Wildman–Crippen MR) is 128 cm³/mol. The number of alkyl halides is 3. The lowest BCUT2D eigenvalue weighted by molar-refractivity contribution is -0.274. The van der Waals surface area contributed by atoms with Gasteiger partial charge in [-0.2, -0.15) is 0 Å². The van der Waals surface area contributed by atoms with Crippen molar-refractivity contribution in [3.05, 3.63) is 64.7 Å². The van der Waals surface area contributed by atoms with Crippen molar-refractivity contribution in [3.63, 3.8) is 0 Å². The standard InChI is InChI=1S/C26H29ClF3NO6/c27-19-5-1-3-17(9-19)15-36-25(24(34)31-13-16-7-8-16)11-21(32)23(33)22(12-25)35-14-18-4-2-6-20(10-18)37-26(28,29)30/h1-6,9-10,16,21-23,32-33H,7-8,11-15H2,(H,31,34)/t21-,22?,23-,25+/m1/s1. The Bertz CT molecular complexity index is 1080. The van der Waals surface area contributed by atoms with Crippen LogP contribution >= 0.6 is 11.6 Å². The Morgan fingerprint density at radius 1 is 1.05 bits per heavy atom. The zero-order valence-corrected chi connectivity index (χ0v) is 20.7. The molecule has 4 atom stereocenters. The van der Waals surface area contributed by atoms with E-state index in [4.69, 9.17) is 21.1 Å². The molecule has 1 unspecified atom stereocenters. The third kappa shape index (κ3) is 7.81. The molecular formula is C26H29ClF3NO6. The summed E-state index contributed by atoms with van der Waals surface area (Å²) in [5.41, 5.74) is -0.416. The van der Waals surface area contributed by atoms with Crippen LogP contribution in [-0.2, 0) is 27.5 Å². The minimum absolute atomic E-state index is 0.0315. The third-order valence-electron chi connectivity index (χ3n) is 6.51. The van der Waals surface area contributed by atoms with Gasteiger partial charge in [-0.3, -0.25) is 4.79 Å². The van der Waals surface area contributed by atoms with Crippen LogP contribution in [0.4, 0.5) is 13.2 Å². The molecule has 0 heterocycles. The Labute approximate surface area is 217 Å². The summed E-state index contributed by atoms with van der Waals surface area (Å²) in [4.78, 5) is 13.4. The highest BCUT2D eigenvalue weighted by atomic mass is 35.5. The summed E-state index contributed by atoms with van der Waals surface area (Å²) in [7, 11) is 0. The molecule has 37 heavy (non-hydrogen) atoms. The average molecular weight is 544 g/mol. The van der Waals surface area contributed by atoms with Crippen LogP contribution < -0.4 is 10.1 Å². The summed E-state index contributed by atoms with van der Waals surface area (Å²) in [5, 5.41) is 24.7. The van der Waals surface area contributed by atoms with Gasteiger partial charge in [-0.1, -0.05) is 35.9 Å². The normalized spacial score (nSPS) is 26.1. The Kier molecular flexibility index (Phi) is 8.65. The van der Waals surface area contributed by atoms with Crippen LogP contribution in [0.15, 0.2) is 48.5 Å². The number of rotatable bonds is 10. The Morgan fingerprint density at radius 3 is 2.43 bits per heavy atom. The highest BCUT2D eigenvalue weighted by molar-refractivity contribution is 6.30. The number of benzene rings is 2. The van der Waals surface area contributed by atoms with Crippen molar-refractivity contribution >= 4 is 17.5 Å². The number of aliphatic hydroxyl groups is 2. The van der Waals surface area contributed by atoms with Gasteiger partial charge in [0.2, 0.25) is 0 Å². The lowest BCUT2D eigenvalue weighted by Crippen LogP contribution is -2.60. The number of carbonyl (C=O) groups is 1. The first kappa shape index (κ1) is 27.7. The number of aliphatic hydroxyl groups excluding tert-OH is 2. The van der Waals surface area contributed by atoms with Gasteiger partial charge in [0.15, 0.2) is 5.60 Å². The SMILES string of the molecule is O=C(NCC1CC1)[C@@]1(OCc2cccc(Cl)c2)CC(OCc2cccc(OC(F)(F)F)c2)[C@H](O)[C@H](O)C1. The summed E-state index contributed by atoms with van der Waals surface area (Å²) in [6.07, 6.45) is -6.68. The highest BCUT2D eigenvalue weighted by Gasteiger charge is 2.51. The van der Waals surface area contributed by atoms with Gasteiger partial charge in [-0.05, 0) is 54.2 Å². The lowest BCUT2D eigenvalue weighted by Gasteiger charge is -2.44. The number of hydrogen-bond donors (Lipinski definition) is 3. The van der Waals surface area contributed by atoms with Crippen LogP contribution in [-0.4, -0.2) is 52.9 Å². The molecule has 0 bridgehead atoms. The van der Waals surface area contributed by atoms with E-state index in [-0.39, 0.29) is 26.1 Å². The molecule has 0 radical (unpaired) electrons. The first-order valence-electron chi connectivity index (χ1n) is 12.0. The summed E-state index contributed by atoms with van der Waals surface area (Å²) < 4.78 is 53.6. The highest BCUT2D eigenvalue weighted by Crippen LogP contribution is 2.37. The molecule has 7 nitrogen and oxygen atoms in total. The van der Waals surface area contributed by atoms with Gasteiger partial charge in [0.1, 0.15) is 11.9 Å². The molecule has 1 amide bonds. The quantitative estimate of drug-likeness (QED) is 0.417. The largest absolute Gasteiger partial charge is 0.573 e. The molecule has 2 aliphatic carbocycles. The monoisotopic (exact) mass is 543 g/mol. The zero-order valence-electron chi connectivity index (χ0n) is 19.9. The van der Waals surface area contributed by atoms with Crippen LogP contribution in [0.3, 0.4) is 0 Å². The van der Waals surface area contributed by atoms with E-state index >= 15 is 0 Å². The van der Waals surface area contributed by atoms with Crippen LogP contribution in [0.25, 0.3) is 0 Å². The summed E-state index contributed by atoms with van der Waals surface area (Å²) in [6, 6.07) is 12.2. The van der Waals surface area contributed by atoms with Gasteiger partial charge >= 0.3 is 6.36 Å². The van der Waals surface area contributed by atoms with Crippen molar-refractivity contribution in [1.82, 2.24) is 5.32 Å². The molecule has 2 aromatic rings. The molecule has 2 aliphatic rings. The zero-order chi connectivity index (χ0) is 26.6. The van der Waals surface area contributed by atoms with E-state index in [2.05, 4.69) is 10.1 Å². The van der Waals surface area contributed by atoms with Crippen molar-refractivity contribution in [2.24, 2.45) is 5.92 Å². The van der Waals surface area contributed by atoms with E-state index < -0.39 is 41.9 Å². The number of ether oxygens (including phenoxy) is 3. The molecule has 4 rings (SSSR count). The first-order valence-corrected chi connectivity index (χ1v) is 12.4. The topological polar surface area (TPSA) is 97.3 Å². The summed E-state index contributed by atoms with van der Waals surface area (Å²) in [6.45, 7) is 0.332. The maximum absolute atomic E-state index is 13.4. The van der Waals surface area contributed by atoms with Gasteiger partial charge in [0, 0.05) is 24.4 Å². The predicted octanol–water partition coefficient (Wildman–Crippen LogP) is 4.12. The molecule has 11 heteroatoms. The van der Waals surface area contributed by atoms with E-state index in [1.165, 1.54) is 12.1 Å². The smallest absolute Gasteiger partial charge is 0.406 e. The van der Waals surface area contributed by atoms with Crippen LogP contribution in [0.1, 0.15) is 36.8 Å². The number of amides is 1. The van der Waals surface area contributed by atoms with Gasteiger partial charge < -0.3 is 29.7 Å². The van der Waals surface area contributed by atoms with Crippen LogP contribution in [0, 0.1) is 5.92 Å². The maximum atomic E-state index is 13.4. The molecule has 3 N–H and O–H groups in total. The molecule has 0 spiro atoms. The second-order valence-corrected chi connectivity index (χ2v) is 10.0. The molecule has 0 aromatic heterocycles. The average Bonchev–Trinajstić information content (AvgIpc) is 3.66. The van der Waals surface area contributed by atoms with Crippen molar-refractivity contribution in [1.29, 1.82) is 0 Å². The van der Waals surface area contributed by atoms with Gasteiger partial charge in [-0.25, -0.2) is 0 Å². The fourth-order valence-corrected chi connectivity index (χ4v) is 4.58. The second kappa shape index (κ2) is 11.6. The van der Waals surface area contributed by atoms with Crippen molar-refractivity contribution in [2.75, 3.05) is 6.54 Å². The molecule has 2 aromatic carbocycles. The number of halogens is 4. The number of carbonyl (C=O) groups excluding carboxylic acids is 1. The van der Waals surface area contributed by atoms with E-state index in [1.54, 1.807) is 30.3 Å². The molecule has 0 saturated heterocycles. The molecule has 0 aliphatic heterocycles. The Morgan fingerprint density at radius 2 is 1.76 bits per heavy atom. The van der Waals surface area contributed by atoms with Crippen molar-refractivity contribution < 1.29 is 42.4 Å². The fourth-order valence-electron chi connectivity index (χ4n) is 4.37. The van der Waals surface area contributed by atoms with Gasteiger partial charge in [0.25, 0.3) is 5.91 Å². The maximum Gasteiger partial charge on any atom is 0.573 e. The van der Waals surface area contributed by atoms with Crippen LogP contribution in [0.2, 0.25) is 5.02 Å². The van der Waals surface area contributed by atoms with Crippen molar-refractivity contribution in [2.45, 2.75) is 69.2 Å². The summed E-state index contributed by atoms with van der Waals surface area (Å²) in [5.74, 6) is -0.413. The summed E-state index contributed by atoms with van der Waals surface area (Å²) >= 11 is 6.07. The van der Waals surface area contributed by atoms with Gasteiger partial charge in [0.05, 0.1) is 25.4 Å². The number of nitrogens with one attached hydrogen (secondary N) is 1. The van der Waals surface area contributed by atoms with E-state index in [1.807, 2.05) is 0 Å². The van der Waals surface area contributed by atoms with Crippen molar-refractivity contribution in [3.8, 4) is 5.75 Å². The van der Waals surface area contributed by atoms with Gasteiger partial charge in [-0.15, -0.1) is 13.2 Å². The Hall–Kier alpha value is -2.37. The minimum Gasteiger partial charge on any atom is -0.406 e. The minimum atomic E-state index is -4.84. The lowest BCUT2D eigenvalue weighted by atomic mass is 9.78. The molecule has 2 fully saturated rings.